The molecule has 3 aromatic heterocycles. The number of fused-ring (bicyclic) bond motifs is 1. The van der Waals surface area contributed by atoms with E-state index in [0.717, 1.165) is 45.0 Å². The molecular weight excluding hydrogens is 464 g/mol. The van der Waals surface area contributed by atoms with Crippen molar-refractivity contribution < 1.29 is 15.3 Å². The normalized spacial score (nSPS) is 24.8. The first-order valence-corrected chi connectivity index (χ1v) is 13.1. The molecule has 0 aromatic carbocycles. The quantitative estimate of drug-likeness (QED) is 0.332. The summed E-state index contributed by atoms with van der Waals surface area (Å²) in [6, 6.07) is 1.54. The van der Waals surface area contributed by atoms with Gasteiger partial charge < -0.3 is 26.0 Å². The van der Waals surface area contributed by atoms with Crippen molar-refractivity contribution in [3.63, 3.8) is 0 Å². The molecule has 5 N–H and O–H groups in total. The number of nitrogens with one attached hydrogen (secondary N) is 2. The van der Waals surface area contributed by atoms with E-state index in [9.17, 15) is 15.3 Å². The van der Waals surface area contributed by atoms with Gasteiger partial charge in [-0.2, -0.15) is 4.98 Å². The molecule has 0 bridgehead atoms. The summed E-state index contributed by atoms with van der Waals surface area (Å²) in [5, 5.41) is 38.1. The fourth-order valence-corrected chi connectivity index (χ4v) is 5.69. The van der Waals surface area contributed by atoms with E-state index < -0.39 is 18.2 Å². The maximum Gasteiger partial charge on any atom is 0.224 e. The molecule has 9 nitrogen and oxygen atoms in total. The van der Waals surface area contributed by atoms with Crippen LogP contribution in [-0.2, 0) is 0 Å². The number of rotatable bonds is 7. The number of aliphatic hydroxyl groups is 3. The van der Waals surface area contributed by atoms with Crippen LogP contribution in [-0.4, -0.2) is 66.7 Å². The number of aryl methyl sites for hydroxylation is 1. The molecule has 4 atom stereocenters. The van der Waals surface area contributed by atoms with E-state index in [1.165, 1.54) is 0 Å². The second-order valence-electron chi connectivity index (χ2n) is 11.0. The fraction of sp³-hybridized carbons (Fsp3) is 0.600. The molecule has 2 aliphatic carbocycles. The molecular formula is C25H34N6O3S. The minimum Gasteiger partial charge on any atom is -0.396 e. The Morgan fingerprint density at radius 3 is 2.54 bits per heavy atom. The predicted octanol–water partition coefficient (Wildman–Crippen LogP) is 3.31. The first kappa shape index (κ1) is 24.3. The van der Waals surface area contributed by atoms with E-state index in [1.807, 2.05) is 19.2 Å². The average molecular weight is 499 g/mol. The van der Waals surface area contributed by atoms with E-state index in [1.54, 1.807) is 11.3 Å². The van der Waals surface area contributed by atoms with Crippen LogP contribution in [0, 0.1) is 18.3 Å². The number of hydrogen-bond donors (Lipinski definition) is 5. The molecule has 0 aliphatic heterocycles. The molecule has 0 amide bonds. The number of aliphatic hydroxyl groups excluding tert-OH is 3. The van der Waals surface area contributed by atoms with Crippen molar-refractivity contribution in [3.8, 4) is 10.6 Å². The highest BCUT2D eigenvalue weighted by atomic mass is 32.1. The number of nitrogens with zero attached hydrogens (tertiary/aromatic N) is 4. The first-order chi connectivity index (χ1) is 16.6. The van der Waals surface area contributed by atoms with Crippen molar-refractivity contribution >= 4 is 33.3 Å². The summed E-state index contributed by atoms with van der Waals surface area (Å²) in [7, 11) is 0. The lowest BCUT2D eigenvalue weighted by molar-refractivity contribution is 0.00446. The molecule has 0 saturated heterocycles. The molecule has 2 fully saturated rings. The van der Waals surface area contributed by atoms with Crippen molar-refractivity contribution in [2.75, 3.05) is 23.8 Å². The van der Waals surface area contributed by atoms with Gasteiger partial charge in [-0.1, -0.05) is 20.8 Å². The molecule has 10 heteroatoms. The number of hydrogen-bond acceptors (Lipinski definition) is 10. The number of thiazole rings is 1. The number of anilines is 2. The second kappa shape index (κ2) is 9.24. The molecule has 2 saturated carbocycles. The van der Waals surface area contributed by atoms with Crippen molar-refractivity contribution in [1.29, 1.82) is 0 Å². The largest absolute Gasteiger partial charge is 0.396 e. The highest BCUT2D eigenvalue weighted by Gasteiger charge is 2.41. The topological polar surface area (TPSA) is 136 Å². The van der Waals surface area contributed by atoms with Gasteiger partial charge in [0, 0.05) is 31.2 Å². The maximum absolute atomic E-state index is 10.6. The predicted molar refractivity (Wildman–Crippen MR) is 138 cm³/mol. The summed E-state index contributed by atoms with van der Waals surface area (Å²) in [5.74, 6) is 1.15. The molecule has 2 aliphatic rings. The summed E-state index contributed by atoms with van der Waals surface area (Å²) in [5.41, 5.74) is 3.59. The summed E-state index contributed by atoms with van der Waals surface area (Å²) in [6.45, 7) is 8.86. The molecule has 188 valence electrons. The van der Waals surface area contributed by atoms with Crippen molar-refractivity contribution in [2.24, 2.45) is 11.3 Å². The Morgan fingerprint density at radius 2 is 1.89 bits per heavy atom. The van der Waals surface area contributed by atoms with Gasteiger partial charge in [0.25, 0.3) is 0 Å². The Bertz CT molecular complexity index is 1220. The van der Waals surface area contributed by atoms with Crippen LogP contribution in [0.2, 0.25) is 0 Å². The second-order valence-corrected chi connectivity index (χ2v) is 12.0. The summed E-state index contributed by atoms with van der Waals surface area (Å²) >= 11 is 1.58. The van der Waals surface area contributed by atoms with Crippen LogP contribution in [0.1, 0.15) is 57.3 Å². The minimum atomic E-state index is -1.01. The zero-order chi connectivity index (χ0) is 24.9. The lowest BCUT2D eigenvalue weighted by Crippen LogP contribution is -2.36. The van der Waals surface area contributed by atoms with Crippen LogP contribution in [0.25, 0.3) is 20.8 Å². The molecule has 0 radical (unpaired) electrons. The summed E-state index contributed by atoms with van der Waals surface area (Å²) in [6.07, 6.45) is 2.58. The Kier molecular flexibility index (Phi) is 6.41. The van der Waals surface area contributed by atoms with Crippen LogP contribution >= 0.6 is 11.3 Å². The third-order valence-corrected chi connectivity index (χ3v) is 7.78. The van der Waals surface area contributed by atoms with Crippen LogP contribution in [0.4, 0.5) is 11.8 Å². The van der Waals surface area contributed by atoms with Crippen LogP contribution in [0.3, 0.4) is 0 Å². The SMILES string of the molecule is Cc1nc(NCC(C)(C)C)nc(N[C@@H]2C[C@H](CO)[C@@H](O)[C@H]2O)c1-c1nc2c(C3CC3)nccc2s1. The van der Waals surface area contributed by atoms with E-state index in [2.05, 4.69) is 36.4 Å². The molecule has 0 spiro atoms. The minimum absolute atomic E-state index is 0.0445. The number of pyridine rings is 1. The van der Waals surface area contributed by atoms with Gasteiger partial charge in [-0.15, -0.1) is 11.3 Å². The summed E-state index contributed by atoms with van der Waals surface area (Å²) < 4.78 is 1.08. The molecule has 3 aromatic rings. The van der Waals surface area contributed by atoms with Gasteiger partial charge >= 0.3 is 0 Å². The van der Waals surface area contributed by atoms with E-state index in [4.69, 9.17) is 15.0 Å². The molecule has 35 heavy (non-hydrogen) atoms. The Labute approximate surface area is 209 Å². The highest BCUT2D eigenvalue weighted by molar-refractivity contribution is 7.21. The van der Waals surface area contributed by atoms with Gasteiger partial charge in [-0.3, -0.25) is 4.98 Å². The van der Waals surface area contributed by atoms with Gasteiger partial charge in [0.05, 0.1) is 33.8 Å². The van der Waals surface area contributed by atoms with Gasteiger partial charge in [-0.25, -0.2) is 9.97 Å². The van der Waals surface area contributed by atoms with Crippen molar-refractivity contribution in [3.05, 3.63) is 23.7 Å². The zero-order valence-corrected chi connectivity index (χ0v) is 21.4. The zero-order valence-electron chi connectivity index (χ0n) is 20.6. The van der Waals surface area contributed by atoms with Crippen molar-refractivity contribution in [2.45, 2.75) is 71.1 Å². The van der Waals surface area contributed by atoms with Crippen LogP contribution in [0.5, 0.6) is 0 Å². The van der Waals surface area contributed by atoms with Gasteiger partial charge in [0.1, 0.15) is 22.4 Å². The lowest BCUT2D eigenvalue weighted by atomic mass is 9.97. The molecule has 0 unspecified atom stereocenters. The Balaban J connectivity index is 1.56. The summed E-state index contributed by atoms with van der Waals surface area (Å²) in [4.78, 5) is 19.1. The van der Waals surface area contributed by atoms with E-state index >= 15 is 0 Å². The van der Waals surface area contributed by atoms with Crippen molar-refractivity contribution in [1.82, 2.24) is 19.9 Å². The average Bonchev–Trinajstić information content (AvgIpc) is 3.50. The third kappa shape index (κ3) is 4.97. The fourth-order valence-electron chi connectivity index (χ4n) is 4.62. The monoisotopic (exact) mass is 498 g/mol. The smallest absolute Gasteiger partial charge is 0.224 e. The van der Waals surface area contributed by atoms with Gasteiger partial charge in [-0.05, 0) is 37.7 Å². The third-order valence-electron chi connectivity index (χ3n) is 6.74. The number of aromatic nitrogens is 4. The standard InChI is InChI=1S/C25H34N6O3S/c1-12-17(23-30-19-16(35-23)7-8-26-18(19)13-5-6-13)22(31-24(28-12)27-11-25(2,3)4)29-15-9-14(10-32)20(33)21(15)34/h7-8,13-15,20-21,32-34H,5-6,9-11H2,1-4H3,(H2,27,28,29,31)/t14-,15-,20-,21+/m1/s1. The van der Waals surface area contributed by atoms with Crippen LogP contribution in [0.15, 0.2) is 12.3 Å². The Morgan fingerprint density at radius 1 is 1.11 bits per heavy atom. The highest BCUT2D eigenvalue weighted by Crippen LogP contribution is 2.44. The van der Waals surface area contributed by atoms with E-state index in [-0.39, 0.29) is 17.9 Å². The maximum atomic E-state index is 10.6. The molecule has 5 rings (SSSR count). The van der Waals surface area contributed by atoms with E-state index in [0.29, 0.717) is 30.6 Å². The van der Waals surface area contributed by atoms with Gasteiger partial charge in [0.2, 0.25) is 5.95 Å². The molecule has 3 heterocycles. The lowest BCUT2D eigenvalue weighted by Gasteiger charge is -2.22. The Hall–Kier alpha value is -2.40. The van der Waals surface area contributed by atoms with Gasteiger partial charge in [0.15, 0.2) is 0 Å². The first-order valence-electron chi connectivity index (χ1n) is 12.3. The van der Waals surface area contributed by atoms with Crippen LogP contribution < -0.4 is 10.6 Å².